The molecule has 0 aliphatic rings. The number of anilines is 1. The van der Waals surface area contributed by atoms with E-state index in [1.54, 1.807) is 25.1 Å². The number of nitrogens with two attached hydrogens (primary N) is 1. The Kier molecular flexibility index (Phi) is 7.38. The number of nitrogens with one attached hydrogen (secondary N) is 2. The van der Waals surface area contributed by atoms with Crippen LogP contribution in [0.15, 0.2) is 47.4 Å². The summed E-state index contributed by atoms with van der Waals surface area (Å²) in [6.45, 7) is 4.54. The van der Waals surface area contributed by atoms with Crippen molar-refractivity contribution in [1.82, 2.24) is 5.32 Å². The van der Waals surface area contributed by atoms with E-state index in [-0.39, 0.29) is 10.8 Å². The van der Waals surface area contributed by atoms with E-state index in [4.69, 9.17) is 5.73 Å². The van der Waals surface area contributed by atoms with Gasteiger partial charge >= 0.3 is 0 Å². The SMILES string of the molecule is CCCCc1ccc(NS(=O)(=O)c2ccc(C)c(C(=O)NCCN)c2)cc1. The molecule has 0 atom stereocenters. The summed E-state index contributed by atoms with van der Waals surface area (Å²) in [4.78, 5) is 12.2. The molecule has 0 bridgehead atoms. The van der Waals surface area contributed by atoms with Crippen LogP contribution in [0.25, 0.3) is 0 Å². The monoisotopic (exact) mass is 389 g/mol. The predicted molar refractivity (Wildman–Crippen MR) is 108 cm³/mol. The van der Waals surface area contributed by atoms with Gasteiger partial charge in [0.25, 0.3) is 15.9 Å². The van der Waals surface area contributed by atoms with Crippen LogP contribution in [-0.4, -0.2) is 27.4 Å². The molecule has 0 saturated carbocycles. The lowest BCUT2D eigenvalue weighted by atomic mass is 10.1. The Balaban J connectivity index is 2.19. The van der Waals surface area contributed by atoms with Crippen LogP contribution in [0.2, 0.25) is 0 Å². The second-order valence-electron chi connectivity index (χ2n) is 6.43. The lowest BCUT2D eigenvalue weighted by Crippen LogP contribution is -2.29. The standard InChI is InChI=1S/C20H27N3O3S/c1-3-4-5-16-7-9-17(10-8-16)23-27(25,26)18-11-6-15(2)19(14-18)20(24)22-13-12-21/h6-11,14,23H,3-5,12-13,21H2,1-2H3,(H,22,24). The first-order valence-corrected chi connectivity index (χ1v) is 10.6. The largest absolute Gasteiger partial charge is 0.351 e. The zero-order valence-electron chi connectivity index (χ0n) is 15.8. The van der Waals surface area contributed by atoms with Crippen LogP contribution in [0.5, 0.6) is 0 Å². The molecule has 2 rings (SSSR count). The third-order valence-corrected chi connectivity index (χ3v) is 5.60. The molecule has 0 saturated heterocycles. The summed E-state index contributed by atoms with van der Waals surface area (Å²) in [7, 11) is -3.79. The van der Waals surface area contributed by atoms with Gasteiger partial charge in [-0.2, -0.15) is 0 Å². The Hall–Kier alpha value is -2.38. The number of aryl methyl sites for hydroxylation is 2. The van der Waals surface area contributed by atoms with Crippen LogP contribution in [0, 0.1) is 6.92 Å². The van der Waals surface area contributed by atoms with E-state index in [1.807, 2.05) is 12.1 Å². The van der Waals surface area contributed by atoms with Crippen molar-refractivity contribution in [3.05, 3.63) is 59.2 Å². The van der Waals surface area contributed by atoms with Gasteiger partial charge in [-0.25, -0.2) is 8.42 Å². The maximum absolute atomic E-state index is 12.7. The van der Waals surface area contributed by atoms with Gasteiger partial charge in [-0.05, 0) is 55.2 Å². The van der Waals surface area contributed by atoms with Crippen molar-refractivity contribution in [2.24, 2.45) is 5.73 Å². The molecule has 0 unspecified atom stereocenters. The van der Waals surface area contributed by atoms with Gasteiger partial charge in [-0.3, -0.25) is 9.52 Å². The Bertz CT molecular complexity index is 878. The zero-order chi connectivity index (χ0) is 19.9. The first kappa shape index (κ1) is 20.9. The number of benzene rings is 2. The summed E-state index contributed by atoms with van der Waals surface area (Å²) in [6.07, 6.45) is 3.19. The number of amides is 1. The van der Waals surface area contributed by atoms with Crippen molar-refractivity contribution in [3.8, 4) is 0 Å². The number of hydrogen-bond acceptors (Lipinski definition) is 4. The van der Waals surface area contributed by atoms with Gasteiger partial charge in [-0.1, -0.05) is 31.5 Å². The molecule has 0 heterocycles. The minimum Gasteiger partial charge on any atom is -0.351 e. The number of rotatable bonds is 9. The van der Waals surface area contributed by atoms with Crippen molar-refractivity contribution < 1.29 is 13.2 Å². The number of sulfonamides is 1. The highest BCUT2D eigenvalue weighted by Crippen LogP contribution is 2.20. The Morgan fingerprint density at radius 3 is 2.44 bits per heavy atom. The molecule has 6 nitrogen and oxygen atoms in total. The molecular formula is C20H27N3O3S. The van der Waals surface area contributed by atoms with Crippen LogP contribution < -0.4 is 15.8 Å². The summed E-state index contributed by atoms with van der Waals surface area (Å²) in [6, 6.07) is 11.9. The van der Waals surface area contributed by atoms with Crippen molar-refractivity contribution in [1.29, 1.82) is 0 Å². The Morgan fingerprint density at radius 1 is 1.11 bits per heavy atom. The molecule has 0 aromatic heterocycles. The Morgan fingerprint density at radius 2 is 1.81 bits per heavy atom. The molecule has 0 radical (unpaired) electrons. The quantitative estimate of drug-likeness (QED) is 0.614. The van der Waals surface area contributed by atoms with Crippen molar-refractivity contribution in [2.75, 3.05) is 17.8 Å². The second kappa shape index (κ2) is 9.53. The van der Waals surface area contributed by atoms with Crippen molar-refractivity contribution in [3.63, 3.8) is 0 Å². The fourth-order valence-electron chi connectivity index (χ4n) is 2.63. The van der Waals surface area contributed by atoms with Crippen LogP contribution in [-0.2, 0) is 16.4 Å². The van der Waals surface area contributed by atoms with Gasteiger partial charge in [0, 0.05) is 24.3 Å². The zero-order valence-corrected chi connectivity index (χ0v) is 16.6. The molecule has 7 heteroatoms. The Labute approximate surface area is 161 Å². The van der Waals surface area contributed by atoms with Gasteiger partial charge in [0.1, 0.15) is 0 Å². The van der Waals surface area contributed by atoms with E-state index in [0.717, 1.165) is 19.3 Å². The molecule has 27 heavy (non-hydrogen) atoms. The van der Waals surface area contributed by atoms with E-state index in [1.165, 1.54) is 17.7 Å². The summed E-state index contributed by atoms with van der Waals surface area (Å²) in [5.41, 5.74) is 8.08. The van der Waals surface area contributed by atoms with Gasteiger partial charge in [0.05, 0.1) is 4.90 Å². The van der Waals surface area contributed by atoms with E-state index < -0.39 is 10.0 Å². The number of hydrogen-bond donors (Lipinski definition) is 3. The minimum absolute atomic E-state index is 0.0426. The molecule has 2 aromatic rings. The molecule has 2 aromatic carbocycles. The number of carbonyl (C=O) groups excluding carboxylic acids is 1. The molecule has 0 aliphatic carbocycles. The predicted octanol–water partition coefficient (Wildman–Crippen LogP) is 2.83. The summed E-state index contributed by atoms with van der Waals surface area (Å²) in [5.74, 6) is -0.338. The maximum Gasteiger partial charge on any atom is 0.261 e. The van der Waals surface area contributed by atoms with Crippen LogP contribution in [0.4, 0.5) is 5.69 Å². The molecule has 0 fully saturated rings. The fraction of sp³-hybridized carbons (Fsp3) is 0.350. The minimum atomic E-state index is -3.79. The molecule has 146 valence electrons. The van der Waals surface area contributed by atoms with Gasteiger partial charge in [0.15, 0.2) is 0 Å². The molecule has 0 aliphatic heterocycles. The van der Waals surface area contributed by atoms with Gasteiger partial charge in [0.2, 0.25) is 0 Å². The highest BCUT2D eigenvalue weighted by Gasteiger charge is 2.18. The van der Waals surface area contributed by atoms with Crippen LogP contribution in [0.3, 0.4) is 0 Å². The average Bonchev–Trinajstić information content (AvgIpc) is 2.65. The summed E-state index contributed by atoms with van der Waals surface area (Å²) < 4.78 is 28.0. The average molecular weight is 390 g/mol. The first-order chi connectivity index (χ1) is 12.9. The van der Waals surface area contributed by atoms with E-state index in [0.29, 0.717) is 29.9 Å². The molecule has 1 amide bonds. The number of unbranched alkanes of at least 4 members (excludes halogenated alkanes) is 1. The van der Waals surface area contributed by atoms with Crippen LogP contribution in [0.1, 0.15) is 41.3 Å². The van der Waals surface area contributed by atoms with Crippen molar-refractivity contribution >= 4 is 21.6 Å². The normalized spacial score (nSPS) is 11.2. The molecule has 0 spiro atoms. The van der Waals surface area contributed by atoms with Gasteiger partial charge < -0.3 is 11.1 Å². The molecule has 4 N–H and O–H groups in total. The van der Waals surface area contributed by atoms with E-state index in [9.17, 15) is 13.2 Å². The summed E-state index contributed by atoms with van der Waals surface area (Å²) >= 11 is 0. The number of carbonyl (C=O) groups is 1. The third kappa shape index (κ3) is 5.80. The first-order valence-electron chi connectivity index (χ1n) is 9.08. The van der Waals surface area contributed by atoms with Crippen molar-refractivity contribution in [2.45, 2.75) is 38.0 Å². The second-order valence-corrected chi connectivity index (χ2v) is 8.11. The highest BCUT2D eigenvalue weighted by molar-refractivity contribution is 7.92. The molecular weight excluding hydrogens is 362 g/mol. The summed E-state index contributed by atoms with van der Waals surface area (Å²) in [5, 5.41) is 2.66. The lowest BCUT2D eigenvalue weighted by molar-refractivity contribution is 0.0954. The maximum atomic E-state index is 12.7. The lowest BCUT2D eigenvalue weighted by Gasteiger charge is -2.12. The van der Waals surface area contributed by atoms with Gasteiger partial charge in [-0.15, -0.1) is 0 Å². The topological polar surface area (TPSA) is 101 Å². The highest BCUT2D eigenvalue weighted by atomic mass is 32.2. The smallest absolute Gasteiger partial charge is 0.261 e. The van der Waals surface area contributed by atoms with E-state index in [2.05, 4.69) is 17.0 Å². The van der Waals surface area contributed by atoms with Crippen LogP contribution >= 0.6 is 0 Å². The van der Waals surface area contributed by atoms with E-state index >= 15 is 0 Å². The fourth-order valence-corrected chi connectivity index (χ4v) is 3.71. The third-order valence-electron chi connectivity index (χ3n) is 4.22.